The maximum Gasteiger partial charge on any atom is 0.0533 e. The first-order valence-corrected chi connectivity index (χ1v) is 17.6. The van der Waals surface area contributed by atoms with E-state index < -0.39 is 0 Å². The Morgan fingerprint density at radius 3 is 1.51 bits per heavy atom. The van der Waals surface area contributed by atoms with Gasteiger partial charge in [-0.15, -0.1) is 0 Å². The topological polar surface area (TPSA) is 8.17 Å². The highest BCUT2D eigenvalue weighted by molar-refractivity contribution is 6.21. The van der Waals surface area contributed by atoms with Crippen LogP contribution in [0.15, 0.2) is 188 Å². The van der Waals surface area contributed by atoms with Crippen LogP contribution in [-0.2, 0) is 0 Å². The van der Waals surface area contributed by atoms with Gasteiger partial charge in [0, 0.05) is 33.8 Å². The van der Waals surface area contributed by atoms with E-state index in [0.29, 0.717) is 0 Å². The summed E-state index contributed by atoms with van der Waals surface area (Å²) < 4.78 is 2.26. The third-order valence-corrected chi connectivity index (χ3v) is 10.1. The summed E-state index contributed by atoms with van der Waals surface area (Å²) in [6.45, 7) is 11.0. The van der Waals surface area contributed by atoms with E-state index in [2.05, 4.69) is 213 Å². The van der Waals surface area contributed by atoms with Crippen LogP contribution in [0.25, 0.3) is 60.4 Å². The molecule has 0 fully saturated rings. The predicted octanol–water partition coefficient (Wildman–Crippen LogP) is 13.7. The number of nitrogens with zero attached hydrogens (tertiary/aromatic N) is 2. The van der Waals surface area contributed by atoms with Crippen molar-refractivity contribution < 1.29 is 0 Å². The zero-order chi connectivity index (χ0) is 34.9. The molecule has 0 unspecified atom stereocenters. The van der Waals surface area contributed by atoms with Crippen LogP contribution in [0, 0.1) is 13.8 Å². The number of allylic oxidation sites excluding steroid dienone is 4. The maximum absolute atomic E-state index is 4.51. The van der Waals surface area contributed by atoms with Crippen molar-refractivity contribution in [2.45, 2.75) is 20.8 Å². The van der Waals surface area contributed by atoms with Crippen molar-refractivity contribution in [2.24, 2.45) is 0 Å². The molecular formula is C49H40N2. The van der Waals surface area contributed by atoms with Gasteiger partial charge in [0.15, 0.2) is 0 Å². The smallest absolute Gasteiger partial charge is 0.0533 e. The van der Waals surface area contributed by atoms with Crippen LogP contribution in [0.3, 0.4) is 0 Å². The fourth-order valence-electron chi connectivity index (χ4n) is 7.61. The minimum absolute atomic E-state index is 0.928. The number of hydrogen-bond donors (Lipinski definition) is 0. The molecule has 2 heteroatoms. The van der Waals surface area contributed by atoms with Crippen molar-refractivity contribution in [2.75, 3.05) is 4.90 Å². The maximum atomic E-state index is 4.51. The molecule has 0 bridgehead atoms. The zero-order valence-corrected chi connectivity index (χ0v) is 29.3. The van der Waals surface area contributed by atoms with Crippen molar-refractivity contribution in [3.8, 4) is 22.3 Å². The van der Waals surface area contributed by atoms with E-state index in [1.165, 1.54) is 66.0 Å². The second kappa shape index (κ2) is 13.5. The van der Waals surface area contributed by atoms with Gasteiger partial charge in [-0.1, -0.05) is 140 Å². The molecule has 0 atom stereocenters. The van der Waals surface area contributed by atoms with Crippen molar-refractivity contribution in [3.05, 3.63) is 199 Å². The molecule has 0 saturated carbocycles. The van der Waals surface area contributed by atoms with Gasteiger partial charge in [0.05, 0.1) is 5.52 Å². The summed E-state index contributed by atoms with van der Waals surface area (Å²) >= 11 is 0. The molecule has 2 nitrogen and oxygen atoms in total. The van der Waals surface area contributed by atoms with Crippen molar-refractivity contribution in [1.82, 2.24) is 4.57 Å². The molecule has 1 aromatic heterocycles. The van der Waals surface area contributed by atoms with E-state index in [-0.39, 0.29) is 0 Å². The number of anilines is 2. The lowest BCUT2D eigenvalue weighted by atomic mass is 9.86. The van der Waals surface area contributed by atoms with Gasteiger partial charge in [0.25, 0.3) is 0 Å². The van der Waals surface area contributed by atoms with Gasteiger partial charge in [-0.2, -0.15) is 0 Å². The molecule has 0 saturated heterocycles. The summed E-state index contributed by atoms with van der Waals surface area (Å²) in [5.41, 5.74) is 12.8. The van der Waals surface area contributed by atoms with E-state index in [9.17, 15) is 0 Å². The van der Waals surface area contributed by atoms with Crippen molar-refractivity contribution in [3.63, 3.8) is 0 Å². The van der Waals surface area contributed by atoms with Crippen LogP contribution in [-0.4, -0.2) is 4.57 Å². The number of benzene rings is 7. The highest BCUT2D eigenvalue weighted by Crippen LogP contribution is 2.44. The summed E-state index contributed by atoms with van der Waals surface area (Å²) in [7, 11) is 0. The highest BCUT2D eigenvalue weighted by Gasteiger charge is 2.18. The van der Waals surface area contributed by atoms with E-state index in [4.69, 9.17) is 0 Å². The standard InChI is InChI=1S/C49H40N2/c1-5-39(31-28-34(2)50-36(4)35(3)42-22-16-17-27-47(42)50)51(40-20-10-7-11-21-40)41-32-29-38(30-33-41)49-45-25-14-12-23-43(45)48(37-18-8-6-9-19-37)44-24-13-15-26-46(44)49/h5-33H,2H2,1,3-4H3/b31-28-,39-5+. The molecule has 51 heavy (non-hydrogen) atoms. The summed E-state index contributed by atoms with van der Waals surface area (Å²) in [4.78, 5) is 2.31. The molecule has 0 amide bonds. The number of para-hydroxylation sites is 2. The summed E-state index contributed by atoms with van der Waals surface area (Å²) in [5, 5.41) is 6.28. The lowest BCUT2D eigenvalue weighted by Gasteiger charge is -2.27. The second-order valence-corrected chi connectivity index (χ2v) is 13.0. The Labute approximate surface area is 300 Å². The average Bonchev–Trinajstić information content (AvgIpc) is 3.45. The van der Waals surface area contributed by atoms with Gasteiger partial charge in [-0.3, -0.25) is 0 Å². The van der Waals surface area contributed by atoms with Gasteiger partial charge in [0.1, 0.15) is 0 Å². The first-order valence-electron chi connectivity index (χ1n) is 17.6. The monoisotopic (exact) mass is 656 g/mol. The summed E-state index contributed by atoms with van der Waals surface area (Å²) in [6, 6.07) is 56.6. The summed E-state index contributed by atoms with van der Waals surface area (Å²) in [6.07, 6.45) is 6.47. The molecule has 0 radical (unpaired) electrons. The van der Waals surface area contributed by atoms with Crippen LogP contribution in [0.2, 0.25) is 0 Å². The van der Waals surface area contributed by atoms with Crippen LogP contribution >= 0.6 is 0 Å². The SMILES string of the molecule is C=C(/C=C\C(=C/C)N(c1ccccc1)c1ccc(-c2c3ccccc3c(-c3ccccc3)c3ccccc23)cc1)n1c(C)c(C)c2ccccc21. The highest BCUT2D eigenvalue weighted by atomic mass is 15.1. The third kappa shape index (κ3) is 5.65. The first-order chi connectivity index (χ1) is 25.0. The number of aromatic nitrogens is 1. The Kier molecular flexibility index (Phi) is 8.43. The predicted molar refractivity (Wildman–Crippen MR) is 221 cm³/mol. The number of fused-ring (bicyclic) bond motifs is 3. The minimum atomic E-state index is 0.928. The largest absolute Gasteiger partial charge is 0.314 e. The van der Waals surface area contributed by atoms with Crippen LogP contribution in [0.4, 0.5) is 11.4 Å². The van der Waals surface area contributed by atoms with Crippen molar-refractivity contribution >= 4 is 49.5 Å². The molecule has 1 heterocycles. The number of rotatable bonds is 8. The molecule has 8 rings (SSSR count). The molecule has 0 aliphatic rings. The second-order valence-electron chi connectivity index (χ2n) is 13.0. The minimum Gasteiger partial charge on any atom is -0.314 e. The van der Waals surface area contributed by atoms with Gasteiger partial charge in [0.2, 0.25) is 0 Å². The van der Waals surface area contributed by atoms with Gasteiger partial charge in [-0.25, -0.2) is 0 Å². The fourth-order valence-corrected chi connectivity index (χ4v) is 7.61. The Hall–Kier alpha value is -6.38. The normalized spacial score (nSPS) is 11.9. The van der Waals surface area contributed by atoms with Gasteiger partial charge >= 0.3 is 0 Å². The van der Waals surface area contributed by atoms with Crippen LogP contribution < -0.4 is 4.90 Å². The molecule has 0 spiro atoms. The Balaban J connectivity index is 1.22. The quantitative estimate of drug-likeness (QED) is 0.117. The molecule has 246 valence electrons. The Morgan fingerprint density at radius 2 is 0.961 bits per heavy atom. The fraction of sp³-hybridized carbons (Fsp3) is 0.0612. The molecular weight excluding hydrogens is 617 g/mol. The van der Waals surface area contributed by atoms with E-state index in [0.717, 1.165) is 22.8 Å². The Morgan fingerprint density at radius 1 is 0.510 bits per heavy atom. The summed E-state index contributed by atoms with van der Waals surface area (Å²) in [5.74, 6) is 0. The molecule has 0 aliphatic carbocycles. The zero-order valence-electron chi connectivity index (χ0n) is 29.3. The first kappa shape index (κ1) is 31.9. The molecule has 0 aliphatic heterocycles. The van der Waals surface area contributed by atoms with Gasteiger partial charge < -0.3 is 9.47 Å². The van der Waals surface area contributed by atoms with Crippen molar-refractivity contribution in [1.29, 1.82) is 0 Å². The third-order valence-electron chi connectivity index (χ3n) is 10.1. The Bertz CT molecular complexity index is 2550. The van der Waals surface area contributed by atoms with Crippen LogP contribution in [0.1, 0.15) is 18.2 Å². The number of aryl methyl sites for hydroxylation is 1. The lowest BCUT2D eigenvalue weighted by molar-refractivity contribution is 1.08. The lowest BCUT2D eigenvalue weighted by Crippen LogP contribution is -2.15. The van der Waals surface area contributed by atoms with E-state index >= 15 is 0 Å². The molecule has 0 N–H and O–H groups in total. The molecule has 8 aromatic rings. The molecule has 7 aromatic carbocycles. The average molecular weight is 657 g/mol. The van der Waals surface area contributed by atoms with E-state index in [1.54, 1.807) is 0 Å². The number of hydrogen-bond acceptors (Lipinski definition) is 1. The van der Waals surface area contributed by atoms with E-state index in [1.807, 2.05) is 0 Å². The van der Waals surface area contributed by atoms with Crippen LogP contribution in [0.5, 0.6) is 0 Å². The van der Waals surface area contributed by atoms with Gasteiger partial charge in [-0.05, 0) is 113 Å².